The van der Waals surface area contributed by atoms with Crippen LogP contribution in [0.15, 0.2) is 0 Å². The van der Waals surface area contributed by atoms with Crippen LogP contribution in [0, 0.1) is 6.42 Å². The highest BCUT2D eigenvalue weighted by molar-refractivity contribution is 4.78. The topological polar surface area (TPSA) is 9.23 Å². The van der Waals surface area contributed by atoms with E-state index in [1.54, 1.807) is 0 Å². The van der Waals surface area contributed by atoms with Crippen molar-refractivity contribution in [3.05, 3.63) is 6.42 Å². The molecule has 1 aliphatic heterocycles. The SMILES string of the molecule is CC[C@H]1[CH]CCCO1. The van der Waals surface area contributed by atoms with E-state index in [-0.39, 0.29) is 0 Å². The molecule has 1 heteroatoms. The molecule has 0 N–H and O–H groups in total. The molecule has 1 saturated heterocycles. The van der Waals surface area contributed by atoms with Crippen molar-refractivity contribution in [2.75, 3.05) is 6.61 Å². The van der Waals surface area contributed by atoms with Gasteiger partial charge in [0.2, 0.25) is 0 Å². The standard InChI is InChI=1S/C7H13O/c1-2-7-5-3-4-6-8-7/h5,7H,2-4,6H2,1H3/t7-/m0/s1. The molecule has 0 unspecified atom stereocenters. The fourth-order valence-electron chi connectivity index (χ4n) is 0.974. The highest BCUT2D eigenvalue weighted by Gasteiger charge is 2.10. The Morgan fingerprint density at radius 2 is 2.62 bits per heavy atom. The lowest BCUT2D eigenvalue weighted by molar-refractivity contribution is 0.0472. The molecule has 1 atom stereocenters. The third-order valence-electron chi connectivity index (χ3n) is 1.51. The summed E-state index contributed by atoms with van der Waals surface area (Å²) in [5, 5.41) is 0. The maximum atomic E-state index is 5.37. The number of hydrogen-bond donors (Lipinski definition) is 0. The average Bonchev–Trinajstić information content (AvgIpc) is 1.90. The summed E-state index contributed by atoms with van der Waals surface area (Å²) in [6.45, 7) is 3.13. The van der Waals surface area contributed by atoms with Gasteiger partial charge in [-0.25, -0.2) is 0 Å². The van der Waals surface area contributed by atoms with Gasteiger partial charge >= 0.3 is 0 Å². The molecular formula is C7H13O. The Balaban J connectivity index is 2.13. The van der Waals surface area contributed by atoms with Crippen molar-refractivity contribution < 1.29 is 4.74 Å². The molecule has 0 aromatic heterocycles. The van der Waals surface area contributed by atoms with E-state index < -0.39 is 0 Å². The van der Waals surface area contributed by atoms with Crippen LogP contribution in [-0.4, -0.2) is 12.7 Å². The van der Waals surface area contributed by atoms with E-state index in [0.717, 1.165) is 13.0 Å². The van der Waals surface area contributed by atoms with Crippen molar-refractivity contribution >= 4 is 0 Å². The van der Waals surface area contributed by atoms with E-state index in [1.807, 2.05) is 0 Å². The monoisotopic (exact) mass is 113 g/mol. The van der Waals surface area contributed by atoms with Crippen LogP contribution in [0.4, 0.5) is 0 Å². The van der Waals surface area contributed by atoms with Crippen molar-refractivity contribution in [1.29, 1.82) is 0 Å². The fraction of sp³-hybridized carbons (Fsp3) is 0.857. The molecule has 0 spiro atoms. The second kappa shape index (κ2) is 3.08. The summed E-state index contributed by atoms with van der Waals surface area (Å²) in [5.74, 6) is 0. The summed E-state index contributed by atoms with van der Waals surface area (Å²) in [5.41, 5.74) is 0. The van der Waals surface area contributed by atoms with Crippen molar-refractivity contribution in [3.63, 3.8) is 0 Å². The second-order valence-electron chi connectivity index (χ2n) is 2.20. The minimum absolute atomic E-state index is 0.462. The lowest BCUT2D eigenvalue weighted by Gasteiger charge is -2.20. The number of rotatable bonds is 1. The van der Waals surface area contributed by atoms with Gasteiger partial charge in [0.1, 0.15) is 0 Å². The summed E-state index contributed by atoms with van der Waals surface area (Å²) >= 11 is 0. The van der Waals surface area contributed by atoms with Gasteiger partial charge in [-0.05, 0) is 25.7 Å². The van der Waals surface area contributed by atoms with Crippen LogP contribution in [0.2, 0.25) is 0 Å². The minimum Gasteiger partial charge on any atom is -0.378 e. The molecule has 1 fully saturated rings. The van der Waals surface area contributed by atoms with Gasteiger partial charge in [0.25, 0.3) is 0 Å². The van der Waals surface area contributed by atoms with Crippen molar-refractivity contribution in [3.8, 4) is 0 Å². The van der Waals surface area contributed by atoms with Gasteiger partial charge in [-0.1, -0.05) is 6.92 Å². The summed E-state index contributed by atoms with van der Waals surface area (Å²) in [7, 11) is 0. The van der Waals surface area contributed by atoms with E-state index in [1.165, 1.54) is 12.8 Å². The Labute approximate surface area is 51.0 Å². The zero-order valence-electron chi connectivity index (χ0n) is 5.39. The molecule has 1 radical (unpaired) electrons. The first-order chi connectivity index (χ1) is 3.93. The van der Waals surface area contributed by atoms with Crippen LogP contribution in [-0.2, 0) is 4.74 Å². The van der Waals surface area contributed by atoms with Gasteiger partial charge in [0.15, 0.2) is 0 Å². The molecule has 0 aromatic carbocycles. The predicted molar refractivity (Wildman–Crippen MR) is 33.6 cm³/mol. The van der Waals surface area contributed by atoms with Gasteiger partial charge in [-0.3, -0.25) is 0 Å². The lowest BCUT2D eigenvalue weighted by Crippen LogP contribution is -2.18. The molecule has 8 heavy (non-hydrogen) atoms. The van der Waals surface area contributed by atoms with Crippen molar-refractivity contribution in [1.82, 2.24) is 0 Å². The van der Waals surface area contributed by atoms with Crippen molar-refractivity contribution in [2.45, 2.75) is 32.3 Å². The predicted octanol–water partition coefficient (Wildman–Crippen LogP) is 1.78. The fourth-order valence-corrected chi connectivity index (χ4v) is 0.974. The molecule has 1 nitrogen and oxygen atoms in total. The molecule has 0 amide bonds. The molecule has 47 valence electrons. The first-order valence-electron chi connectivity index (χ1n) is 3.38. The lowest BCUT2D eigenvalue weighted by atomic mass is 10.1. The Morgan fingerprint density at radius 3 is 3.00 bits per heavy atom. The first kappa shape index (κ1) is 6.09. The van der Waals surface area contributed by atoms with E-state index in [0.29, 0.717) is 6.10 Å². The highest BCUT2D eigenvalue weighted by Crippen LogP contribution is 2.13. The zero-order valence-corrected chi connectivity index (χ0v) is 5.39. The summed E-state index contributed by atoms with van der Waals surface area (Å²) in [6, 6.07) is 0. The molecule has 1 heterocycles. The molecule has 1 rings (SSSR count). The maximum absolute atomic E-state index is 5.37. The number of hydrogen-bond acceptors (Lipinski definition) is 1. The van der Waals surface area contributed by atoms with Gasteiger partial charge in [-0.2, -0.15) is 0 Å². The zero-order chi connectivity index (χ0) is 5.82. The minimum atomic E-state index is 0.462. The molecule has 0 aromatic rings. The smallest absolute Gasteiger partial charge is 0.0604 e. The Kier molecular flexibility index (Phi) is 2.34. The van der Waals surface area contributed by atoms with E-state index in [4.69, 9.17) is 4.74 Å². The third-order valence-corrected chi connectivity index (χ3v) is 1.51. The van der Waals surface area contributed by atoms with Crippen LogP contribution in [0.3, 0.4) is 0 Å². The van der Waals surface area contributed by atoms with Crippen LogP contribution in [0.25, 0.3) is 0 Å². The van der Waals surface area contributed by atoms with Gasteiger partial charge < -0.3 is 4.74 Å². The van der Waals surface area contributed by atoms with Gasteiger partial charge in [0, 0.05) is 6.61 Å². The number of ether oxygens (including phenoxy) is 1. The second-order valence-corrected chi connectivity index (χ2v) is 2.20. The van der Waals surface area contributed by atoms with E-state index in [2.05, 4.69) is 13.3 Å². The van der Waals surface area contributed by atoms with Crippen molar-refractivity contribution in [2.24, 2.45) is 0 Å². The van der Waals surface area contributed by atoms with E-state index in [9.17, 15) is 0 Å². The molecule has 0 aliphatic carbocycles. The van der Waals surface area contributed by atoms with Crippen LogP contribution < -0.4 is 0 Å². The first-order valence-corrected chi connectivity index (χ1v) is 3.38. The Hall–Kier alpha value is -0.0400. The summed E-state index contributed by atoms with van der Waals surface area (Å²) < 4.78 is 5.37. The van der Waals surface area contributed by atoms with Crippen LogP contribution in [0.5, 0.6) is 0 Å². The van der Waals surface area contributed by atoms with Crippen LogP contribution >= 0.6 is 0 Å². The van der Waals surface area contributed by atoms with Crippen LogP contribution in [0.1, 0.15) is 26.2 Å². The third kappa shape index (κ3) is 1.48. The largest absolute Gasteiger partial charge is 0.378 e. The normalized spacial score (nSPS) is 30.4. The van der Waals surface area contributed by atoms with E-state index >= 15 is 0 Å². The molecule has 0 bridgehead atoms. The average molecular weight is 113 g/mol. The Bertz CT molecular complexity index is 55.4. The molecule has 0 saturated carbocycles. The molecular weight excluding hydrogens is 100 g/mol. The summed E-state index contributed by atoms with van der Waals surface area (Å²) in [6.07, 6.45) is 6.34. The Morgan fingerprint density at radius 1 is 1.75 bits per heavy atom. The summed E-state index contributed by atoms with van der Waals surface area (Å²) in [4.78, 5) is 0. The molecule has 1 aliphatic rings. The van der Waals surface area contributed by atoms with Gasteiger partial charge in [0.05, 0.1) is 6.10 Å². The van der Waals surface area contributed by atoms with Gasteiger partial charge in [-0.15, -0.1) is 0 Å². The maximum Gasteiger partial charge on any atom is 0.0604 e. The highest BCUT2D eigenvalue weighted by atomic mass is 16.5. The quantitative estimate of drug-likeness (QED) is 0.503.